The summed E-state index contributed by atoms with van der Waals surface area (Å²) in [6.07, 6.45) is -1.82. The maximum atomic E-state index is 12.5. The average Bonchev–Trinajstić information content (AvgIpc) is 2.35. The third kappa shape index (κ3) is 2.20. The Morgan fingerprint density at radius 2 is 1.95 bits per heavy atom. The molecule has 2 unspecified atom stereocenters. The van der Waals surface area contributed by atoms with Crippen LogP contribution in [0.1, 0.15) is 11.3 Å². The minimum atomic E-state index is -4.46. The molecule has 0 saturated carbocycles. The van der Waals surface area contributed by atoms with E-state index in [1.165, 1.54) is 12.3 Å². The van der Waals surface area contributed by atoms with Crippen LogP contribution < -0.4 is 17.2 Å². The number of nitrogens with two attached hydrogens (primary N) is 3. The second-order valence-corrected chi connectivity index (χ2v) is 4.16. The van der Waals surface area contributed by atoms with Gasteiger partial charge < -0.3 is 17.2 Å². The van der Waals surface area contributed by atoms with Gasteiger partial charge in [-0.1, -0.05) is 0 Å². The molecule has 102 valence electrons. The molecule has 0 aromatic carbocycles. The molecule has 19 heavy (non-hydrogen) atoms. The van der Waals surface area contributed by atoms with Gasteiger partial charge in [-0.05, 0) is 18.2 Å². The summed E-state index contributed by atoms with van der Waals surface area (Å²) in [5.74, 6) is 0. The molecule has 5 nitrogen and oxygen atoms in total. The van der Waals surface area contributed by atoms with Crippen molar-refractivity contribution in [2.45, 2.75) is 17.9 Å². The number of alkyl halides is 3. The lowest BCUT2D eigenvalue weighted by molar-refractivity contribution is -0.137. The molecular formula is C11H12F3N5. The maximum Gasteiger partial charge on any atom is 0.417 e. The first kappa shape index (κ1) is 13.5. The van der Waals surface area contributed by atoms with E-state index in [4.69, 9.17) is 17.2 Å². The van der Waals surface area contributed by atoms with Crippen molar-refractivity contribution in [3.8, 4) is 0 Å². The molecule has 8 heteroatoms. The van der Waals surface area contributed by atoms with Crippen molar-refractivity contribution >= 4 is 6.21 Å². The van der Waals surface area contributed by atoms with Crippen molar-refractivity contribution < 1.29 is 13.2 Å². The van der Waals surface area contributed by atoms with Gasteiger partial charge in [0.2, 0.25) is 0 Å². The Bertz CT molecular complexity index is 534. The molecule has 0 aliphatic carbocycles. The number of nitrogens with zero attached hydrogens (tertiary/aromatic N) is 2. The predicted molar refractivity (Wildman–Crippen MR) is 63.8 cm³/mol. The Labute approximate surface area is 107 Å². The van der Waals surface area contributed by atoms with Gasteiger partial charge in [0.05, 0.1) is 11.3 Å². The normalized spacial score (nSPS) is 27.2. The largest absolute Gasteiger partial charge is 0.417 e. The summed E-state index contributed by atoms with van der Waals surface area (Å²) in [7, 11) is 0. The molecule has 2 atom stereocenters. The van der Waals surface area contributed by atoms with Gasteiger partial charge in [-0.25, -0.2) is 0 Å². The monoisotopic (exact) mass is 271 g/mol. The van der Waals surface area contributed by atoms with E-state index in [0.29, 0.717) is 6.20 Å². The van der Waals surface area contributed by atoms with Gasteiger partial charge in [-0.2, -0.15) is 13.2 Å². The van der Waals surface area contributed by atoms with Gasteiger partial charge in [0.15, 0.2) is 0 Å². The topological polar surface area (TPSA) is 103 Å². The lowest BCUT2D eigenvalue weighted by atomic mass is 9.87. The van der Waals surface area contributed by atoms with Gasteiger partial charge >= 0.3 is 6.18 Å². The van der Waals surface area contributed by atoms with E-state index in [0.717, 1.165) is 12.1 Å². The summed E-state index contributed by atoms with van der Waals surface area (Å²) in [5.41, 5.74) is 15.6. The number of hydrogen-bond acceptors (Lipinski definition) is 5. The summed E-state index contributed by atoms with van der Waals surface area (Å²) in [6, 6.07) is 2.04. The van der Waals surface area contributed by atoms with Crippen LogP contribution in [0.5, 0.6) is 0 Å². The highest BCUT2D eigenvalue weighted by atomic mass is 19.4. The van der Waals surface area contributed by atoms with Crippen molar-refractivity contribution in [1.82, 2.24) is 4.98 Å². The first-order valence-corrected chi connectivity index (χ1v) is 5.34. The fourth-order valence-electron chi connectivity index (χ4n) is 1.75. The third-order valence-corrected chi connectivity index (χ3v) is 2.96. The fraction of sp³-hybridized carbons (Fsp3) is 0.273. The van der Waals surface area contributed by atoms with Crippen LogP contribution >= 0.6 is 0 Å². The van der Waals surface area contributed by atoms with Crippen LogP contribution in [0.4, 0.5) is 13.2 Å². The predicted octanol–water partition coefficient (Wildman–Crippen LogP) is 0.466. The van der Waals surface area contributed by atoms with E-state index in [1.807, 2.05) is 0 Å². The second-order valence-electron chi connectivity index (χ2n) is 4.16. The Morgan fingerprint density at radius 1 is 1.26 bits per heavy atom. The van der Waals surface area contributed by atoms with Gasteiger partial charge in [0, 0.05) is 18.1 Å². The number of allylic oxidation sites excluding steroid dienone is 1. The maximum absolute atomic E-state index is 12.5. The molecule has 2 heterocycles. The van der Waals surface area contributed by atoms with E-state index in [1.54, 1.807) is 0 Å². The Kier molecular flexibility index (Phi) is 3.07. The molecule has 1 aromatic heterocycles. The van der Waals surface area contributed by atoms with Crippen LogP contribution in [0.3, 0.4) is 0 Å². The van der Waals surface area contributed by atoms with Gasteiger partial charge in [0.25, 0.3) is 0 Å². The highest BCUT2D eigenvalue weighted by Crippen LogP contribution is 2.32. The second kappa shape index (κ2) is 4.32. The number of rotatable bonds is 1. The van der Waals surface area contributed by atoms with Crippen molar-refractivity contribution in [2.24, 2.45) is 22.2 Å². The van der Waals surface area contributed by atoms with Gasteiger partial charge in [-0.3, -0.25) is 9.98 Å². The molecule has 0 spiro atoms. The first-order chi connectivity index (χ1) is 8.76. The summed E-state index contributed by atoms with van der Waals surface area (Å²) < 4.78 is 37.4. The summed E-state index contributed by atoms with van der Waals surface area (Å²) in [6.45, 7) is 0. The number of dihydropyridines is 1. The summed E-state index contributed by atoms with van der Waals surface area (Å²) in [4.78, 5) is 7.61. The molecular weight excluding hydrogens is 259 g/mol. The zero-order valence-corrected chi connectivity index (χ0v) is 9.72. The van der Waals surface area contributed by atoms with Crippen LogP contribution in [-0.4, -0.2) is 17.4 Å². The summed E-state index contributed by atoms with van der Waals surface area (Å²) in [5, 5.41) is 0. The zero-order valence-electron chi connectivity index (χ0n) is 9.72. The minimum Gasteiger partial charge on any atom is -0.400 e. The van der Waals surface area contributed by atoms with E-state index in [9.17, 15) is 13.2 Å². The number of pyridine rings is 1. The van der Waals surface area contributed by atoms with Crippen LogP contribution in [0.15, 0.2) is 35.1 Å². The van der Waals surface area contributed by atoms with Gasteiger partial charge in [-0.15, -0.1) is 0 Å². The molecule has 2 rings (SSSR count). The Hall–Kier alpha value is -1.93. The van der Waals surface area contributed by atoms with Crippen LogP contribution in [-0.2, 0) is 11.7 Å². The first-order valence-electron chi connectivity index (χ1n) is 5.34. The smallest absolute Gasteiger partial charge is 0.400 e. The molecule has 0 bridgehead atoms. The van der Waals surface area contributed by atoms with Gasteiger partial charge in [0.1, 0.15) is 11.7 Å². The zero-order chi connectivity index (χ0) is 14.3. The molecule has 1 aromatic rings. The van der Waals surface area contributed by atoms with Crippen molar-refractivity contribution in [2.75, 3.05) is 0 Å². The lowest BCUT2D eigenvalue weighted by Crippen LogP contribution is -2.56. The Balaban J connectivity index is 2.42. The quantitative estimate of drug-likeness (QED) is 0.690. The standard InChI is InChI=1S/C11H12F3N5/c12-11(13,14)6-1-2-8(19-5-6)10(17)7(15)3-4-18-9(10)16/h1-5,9H,15-17H2. The van der Waals surface area contributed by atoms with Crippen LogP contribution in [0.25, 0.3) is 0 Å². The molecule has 0 radical (unpaired) electrons. The van der Waals surface area contributed by atoms with E-state index in [2.05, 4.69) is 9.98 Å². The molecule has 6 N–H and O–H groups in total. The van der Waals surface area contributed by atoms with E-state index < -0.39 is 23.4 Å². The van der Waals surface area contributed by atoms with Crippen molar-refractivity contribution in [3.63, 3.8) is 0 Å². The lowest BCUT2D eigenvalue weighted by Gasteiger charge is -2.34. The van der Waals surface area contributed by atoms with Crippen molar-refractivity contribution in [1.29, 1.82) is 0 Å². The van der Waals surface area contributed by atoms with Crippen LogP contribution in [0, 0.1) is 0 Å². The number of halogens is 3. The minimum absolute atomic E-state index is 0.138. The molecule has 1 aliphatic heterocycles. The number of aromatic nitrogens is 1. The van der Waals surface area contributed by atoms with E-state index in [-0.39, 0.29) is 11.4 Å². The SMILES string of the molecule is NC1=CC=NC(N)C1(N)c1ccc(C(F)(F)F)cn1. The molecule has 1 aliphatic rings. The van der Waals surface area contributed by atoms with E-state index >= 15 is 0 Å². The molecule has 0 saturated heterocycles. The Morgan fingerprint density at radius 3 is 2.42 bits per heavy atom. The molecule has 0 amide bonds. The number of aliphatic imine (C=N–C) groups is 1. The van der Waals surface area contributed by atoms with Crippen LogP contribution in [0.2, 0.25) is 0 Å². The van der Waals surface area contributed by atoms with Crippen molar-refractivity contribution in [3.05, 3.63) is 41.4 Å². The summed E-state index contributed by atoms with van der Waals surface area (Å²) >= 11 is 0. The highest BCUT2D eigenvalue weighted by molar-refractivity contribution is 5.74. The average molecular weight is 271 g/mol. The molecule has 0 fully saturated rings. The highest BCUT2D eigenvalue weighted by Gasteiger charge is 2.40. The fourth-order valence-corrected chi connectivity index (χ4v) is 1.75. The third-order valence-electron chi connectivity index (χ3n) is 2.96. The number of hydrogen-bond donors (Lipinski definition) is 3.